The van der Waals surface area contributed by atoms with Gasteiger partial charge in [-0.15, -0.1) is 0 Å². The number of likely N-dealkylation sites (tertiary alicyclic amines) is 1. The number of nitrogens with one attached hydrogen (secondary N) is 1. The number of carbonyl (C=O) groups is 2. The standard InChI is InChI=1S/C22H28N4O2/c1-4-25(5-2)19-6-7-20(16(3)12-19)24-22(28)18-13-21(27)26(15-18)14-17-8-10-23-11-9-17/h6-12,18H,4-5,13-15H2,1-3H3,(H,24,28). The van der Waals surface area contributed by atoms with Crippen molar-refractivity contribution in [2.24, 2.45) is 5.92 Å². The quantitative estimate of drug-likeness (QED) is 0.801. The SMILES string of the molecule is CCN(CC)c1ccc(NC(=O)C2CC(=O)N(Cc3ccncc3)C2)c(C)c1. The van der Waals surface area contributed by atoms with Crippen LogP contribution in [0.25, 0.3) is 0 Å². The van der Waals surface area contributed by atoms with Gasteiger partial charge in [-0.3, -0.25) is 14.6 Å². The Morgan fingerprint density at radius 2 is 1.93 bits per heavy atom. The lowest BCUT2D eigenvalue weighted by Crippen LogP contribution is -2.28. The molecule has 6 heteroatoms. The minimum absolute atomic E-state index is 0.0190. The smallest absolute Gasteiger partial charge is 0.229 e. The largest absolute Gasteiger partial charge is 0.372 e. The van der Waals surface area contributed by atoms with Gasteiger partial charge in [-0.25, -0.2) is 0 Å². The molecular weight excluding hydrogens is 352 g/mol. The van der Waals surface area contributed by atoms with Gasteiger partial charge in [-0.05, 0) is 62.2 Å². The van der Waals surface area contributed by atoms with Crippen LogP contribution in [0.15, 0.2) is 42.7 Å². The Kier molecular flexibility index (Phi) is 6.29. The molecule has 1 aromatic heterocycles. The first-order chi connectivity index (χ1) is 13.5. The van der Waals surface area contributed by atoms with Crippen molar-refractivity contribution in [3.63, 3.8) is 0 Å². The van der Waals surface area contributed by atoms with Crippen LogP contribution in [0.5, 0.6) is 0 Å². The third-order valence-corrected chi connectivity index (χ3v) is 5.30. The number of aryl methyl sites for hydroxylation is 1. The van der Waals surface area contributed by atoms with Crippen molar-refractivity contribution in [3.8, 4) is 0 Å². The van der Waals surface area contributed by atoms with Crippen LogP contribution in [0, 0.1) is 12.8 Å². The zero-order chi connectivity index (χ0) is 20.1. The molecule has 148 valence electrons. The highest BCUT2D eigenvalue weighted by molar-refractivity contribution is 5.97. The molecule has 1 saturated heterocycles. The van der Waals surface area contributed by atoms with E-state index < -0.39 is 0 Å². The van der Waals surface area contributed by atoms with Crippen molar-refractivity contribution in [2.75, 3.05) is 29.9 Å². The third kappa shape index (κ3) is 4.50. The molecule has 0 radical (unpaired) electrons. The van der Waals surface area contributed by atoms with E-state index in [2.05, 4.69) is 35.1 Å². The van der Waals surface area contributed by atoms with E-state index in [4.69, 9.17) is 0 Å². The van der Waals surface area contributed by atoms with Gasteiger partial charge in [0.2, 0.25) is 11.8 Å². The second kappa shape index (κ2) is 8.87. The highest BCUT2D eigenvalue weighted by atomic mass is 16.2. The number of carbonyl (C=O) groups excluding carboxylic acids is 2. The van der Waals surface area contributed by atoms with Crippen LogP contribution in [-0.4, -0.2) is 41.3 Å². The lowest BCUT2D eigenvalue weighted by Gasteiger charge is -2.22. The monoisotopic (exact) mass is 380 g/mol. The summed E-state index contributed by atoms with van der Waals surface area (Å²) < 4.78 is 0. The Morgan fingerprint density at radius 1 is 1.21 bits per heavy atom. The van der Waals surface area contributed by atoms with Gasteiger partial charge in [-0.2, -0.15) is 0 Å². The number of aromatic nitrogens is 1. The topological polar surface area (TPSA) is 65.5 Å². The maximum Gasteiger partial charge on any atom is 0.229 e. The molecule has 0 aliphatic carbocycles. The molecule has 1 fully saturated rings. The third-order valence-electron chi connectivity index (χ3n) is 5.30. The van der Waals surface area contributed by atoms with Gasteiger partial charge in [0.05, 0.1) is 5.92 Å². The Hall–Kier alpha value is -2.89. The zero-order valence-corrected chi connectivity index (χ0v) is 16.8. The lowest BCUT2D eigenvalue weighted by molar-refractivity contribution is -0.128. The summed E-state index contributed by atoms with van der Waals surface area (Å²) >= 11 is 0. The Morgan fingerprint density at radius 3 is 2.57 bits per heavy atom. The van der Waals surface area contributed by atoms with Gasteiger partial charge >= 0.3 is 0 Å². The van der Waals surface area contributed by atoms with Crippen molar-refractivity contribution in [1.29, 1.82) is 0 Å². The molecule has 28 heavy (non-hydrogen) atoms. The van der Waals surface area contributed by atoms with Crippen molar-refractivity contribution in [2.45, 2.75) is 33.7 Å². The summed E-state index contributed by atoms with van der Waals surface area (Å²) in [7, 11) is 0. The highest BCUT2D eigenvalue weighted by Gasteiger charge is 2.34. The summed E-state index contributed by atoms with van der Waals surface area (Å²) in [5.41, 5.74) is 4.00. The van der Waals surface area contributed by atoms with E-state index in [9.17, 15) is 9.59 Å². The molecule has 2 aromatic rings. The molecule has 1 aromatic carbocycles. The van der Waals surface area contributed by atoms with E-state index >= 15 is 0 Å². The molecule has 2 amide bonds. The molecule has 0 saturated carbocycles. The van der Waals surface area contributed by atoms with Crippen LogP contribution in [0.4, 0.5) is 11.4 Å². The molecule has 1 aliphatic rings. The van der Waals surface area contributed by atoms with E-state index in [1.54, 1.807) is 17.3 Å². The minimum Gasteiger partial charge on any atom is -0.372 e. The van der Waals surface area contributed by atoms with Gasteiger partial charge in [0.1, 0.15) is 0 Å². The van der Waals surface area contributed by atoms with Crippen LogP contribution in [0.2, 0.25) is 0 Å². The summed E-state index contributed by atoms with van der Waals surface area (Å²) in [5, 5.41) is 3.01. The van der Waals surface area contributed by atoms with Crippen LogP contribution < -0.4 is 10.2 Å². The van der Waals surface area contributed by atoms with Gasteiger partial charge < -0.3 is 15.1 Å². The Labute approximate surface area is 166 Å². The summed E-state index contributed by atoms with van der Waals surface area (Å²) in [5.74, 6) is -0.397. The molecule has 0 bridgehead atoms. The summed E-state index contributed by atoms with van der Waals surface area (Å²) in [6.45, 7) is 9.11. The van der Waals surface area contributed by atoms with Gasteiger partial charge in [0.25, 0.3) is 0 Å². The van der Waals surface area contributed by atoms with Crippen LogP contribution in [0.1, 0.15) is 31.4 Å². The number of hydrogen-bond acceptors (Lipinski definition) is 4. The number of hydrogen-bond donors (Lipinski definition) is 1. The average Bonchev–Trinajstić information content (AvgIpc) is 3.06. The fourth-order valence-corrected chi connectivity index (χ4v) is 3.62. The molecule has 1 N–H and O–H groups in total. The first-order valence-electron chi connectivity index (χ1n) is 9.85. The zero-order valence-electron chi connectivity index (χ0n) is 16.8. The summed E-state index contributed by atoms with van der Waals surface area (Å²) in [4.78, 5) is 33.1. The number of rotatable bonds is 7. The number of nitrogens with zero attached hydrogens (tertiary/aromatic N) is 3. The number of pyridine rings is 1. The van der Waals surface area contributed by atoms with E-state index in [-0.39, 0.29) is 24.2 Å². The lowest BCUT2D eigenvalue weighted by atomic mass is 10.1. The molecule has 3 rings (SSSR count). The molecule has 6 nitrogen and oxygen atoms in total. The van der Waals surface area contributed by atoms with Crippen molar-refractivity contribution in [3.05, 3.63) is 53.9 Å². The Bertz CT molecular complexity index is 834. The van der Waals surface area contributed by atoms with Gasteiger partial charge in [0, 0.05) is 56.4 Å². The normalized spacial score (nSPS) is 16.3. The van der Waals surface area contributed by atoms with E-state index in [1.807, 2.05) is 31.2 Å². The molecule has 1 atom stereocenters. The number of benzene rings is 1. The predicted molar refractivity (Wildman–Crippen MR) is 111 cm³/mol. The van der Waals surface area contributed by atoms with Crippen LogP contribution in [-0.2, 0) is 16.1 Å². The maximum atomic E-state index is 12.7. The molecule has 1 aliphatic heterocycles. The van der Waals surface area contributed by atoms with E-state index in [1.165, 1.54) is 0 Å². The maximum absolute atomic E-state index is 12.7. The fraction of sp³-hybridized carbons (Fsp3) is 0.409. The summed E-state index contributed by atoms with van der Waals surface area (Å²) in [6.07, 6.45) is 3.68. The van der Waals surface area contributed by atoms with Crippen molar-refractivity contribution >= 4 is 23.2 Å². The number of amides is 2. The molecule has 0 spiro atoms. The molecule has 1 unspecified atom stereocenters. The second-order valence-corrected chi connectivity index (χ2v) is 7.19. The minimum atomic E-state index is -0.323. The average molecular weight is 380 g/mol. The van der Waals surface area contributed by atoms with Crippen molar-refractivity contribution < 1.29 is 9.59 Å². The second-order valence-electron chi connectivity index (χ2n) is 7.19. The first kappa shape index (κ1) is 19.9. The summed E-state index contributed by atoms with van der Waals surface area (Å²) in [6, 6.07) is 9.86. The predicted octanol–water partition coefficient (Wildman–Crippen LogP) is 3.22. The fourth-order valence-electron chi connectivity index (χ4n) is 3.62. The van der Waals surface area contributed by atoms with Gasteiger partial charge in [-0.1, -0.05) is 0 Å². The Balaban J connectivity index is 1.63. The van der Waals surface area contributed by atoms with E-state index in [0.29, 0.717) is 13.1 Å². The highest BCUT2D eigenvalue weighted by Crippen LogP contribution is 2.25. The van der Waals surface area contributed by atoms with Gasteiger partial charge in [0.15, 0.2) is 0 Å². The van der Waals surface area contributed by atoms with Crippen molar-refractivity contribution in [1.82, 2.24) is 9.88 Å². The van der Waals surface area contributed by atoms with Crippen LogP contribution in [0.3, 0.4) is 0 Å². The number of anilines is 2. The first-order valence-corrected chi connectivity index (χ1v) is 9.85. The molecule has 2 heterocycles. The van der Waals surface area contributed by atoms with Crippen LogP contribution >= 0.6 is 0 Å². The molecular formula is C22H28N4O2. The van der Waals surface area contributed by atoms with E-state index in [0.717, 1.165) is 35.6 Å².